The maximum Gasteiger partial charge on any atom is 0.424 e. The number of carbonyl (C=O) groups is 6. The third kappa shape index (κ3) is 10.1. The van der Waals surface area contributed by atoms with Gasteiger partial charge in [-0.3, -0.25) is 19.2 Å². The van der Waals surface area contributed by atoms with Crippen LogP contribution < -0.4 is 21.7 Å². The molecule has 1 heterocycles. The van der Waals surface area contributed by atoms with Crippen molar-refractivity contribution in [1.29, 1.82) is 0 Å². The van der Waals surface area contributed by atoms with E-state index in [4.69, 9.17) is 10.5 Å². The number of rotatable bonds is 15. The van der Waals surface area contributed by atoms with Crippen molar-refractivity contribution in [3.8, 4) is 0 Å². The van der Waals surface area contributed by atoms with E-state index in [2.05, 4.69) is 16.0 Å². The number of benzene rings is 1. The predicted molar refractivity (Wildman–Crippen MR) is 204 cm³/mol. The molecule has 0 aromatic heterocycles. The number of likely N-dealkylation sites (N-methyl/N-ethyl adjacent to an activating group) is 1. The summed E-state index contributed by atoms with van der Waals surface area (Å²) in [6.45, 7) is 14.7. The lowest BCUT2D eigenvalue weighted by molar-refractivity contribution is -0.145. The summed E-state index contributed by atoms with van der Waals surface area (Å²) >= 11 is 0. The molecule has 16 nitrogen and oxygen atoms in total. The van der Waals surface area contributed by atoms with E-state index in [1.807, 2.05) is 34.6 Å². The minimum Gasteiger partial charge on any atom is -0.444 e. The van der Waals surface area contributed by atoms with Gasteiger partial charge < -0.3 is 31.3 Å². The molecule has 6 atom stereocenters. The van der Waals surface area contributed by atoms with E-state index < -0.39 is 80.8 Å². The van der Waals surface area contributed by atoms with Crippen LogP contribution >= 0.6 is 0 Å². The molecule has 1 unspecified atom stereocenters. The molecule has 17 heteroatoms. The van der Waals surface area contributed by atoms with Gasteiger partial charge in [-0.25, -0.2) is 9.59 Å². The zero-order valence-corrected chi connectivity index (χ0v) is 34.5. The molecule has 1 aliphatic heterocycles. The second-order valence-corrected chi connectivity index (χ2v) is 20.1. The van der Waals surface area contributed by atoms with Gasteiger partial charge in [0.05, 0.1) is 6.04 Å². The molecule has 5 N–H and O–H groups in total. The highest BCUT2D eigenvalue weighted by molar-refractivity contribution is 7.87. The highest BCUT2D eigenvalue weighted by Crippen LogP contribution is 2.65. The summed E-state index contributed by atoms with van der Waals surface area (Å²) < 4.78 is 33.5. The molecule has 0 spiro atoms. The minimum absolute atomic E-state index is 0.00637. The lowest BCUT2D eigenvalue weighted by Crippen LogP contribution is -2.63. The monoisotopic (exact) mass is 789 g/mol. The molecule has 306 valence electrons. The third-order valence-electron chi connectivity index (χ3n) is 11.3. The maximum atomic E-state index is 14.4. The van der Waals surface area contributed by atoms with Gasteiger partial charge in [-0.05, 0) is 46.0 Å². The van der Waals surface area contributed by atoms with Gasteiger partial charge in [0.25, 0.3) is 5.91 Å². The molecule has 1 saturated heterocycles. The van der Waals surface area contributed by atoms with E-state index in [1.54, 1.807) is 51.1 Å². The quantitative estimate of drug-likeness (QED) is 0.192. The fraction of sp³-hybridized carbons (Fsp3) is 0.684. The molecule has 1 aromatic rings. The average molecular weight is 790 g/mol. The number of likely N-dealkylation sites (tertiary alicyclic amines) is 1. The van der Waals surface area contributed by atoms with Crippen LogP contribution in [0, 0.1) is 34.0 Å². The van der Waals surface area contributed by atoms with Crippen LogP contribution in [0.5, 0.6) is 0 Å². The van der Waals surface area contributed by atoms with Gasteiger partial charge in [0.2, 0.25) is 17.6 Å². The molecule has 1 aromatic carbocycles. The van der Waals surface area contributed by atoms with Crippen molar-refractivity contribution in [1.82, 2.24) is 29.5 Å². The summed E-state index contributed by atoms with van der Waals surface area (Å²) in [6.07, 6.45) is 0.980. The molecule has 4 rings (SSSR count). The van der Waals surface area contributed by atoms with Gasteiger partial charge in [0, 0.05) is 33.2 Å². The number of primary amides is 1. The molecular weight excluding hydrogens is 731 g/mol. The van der Waals surface area contributed by atoms with Crippen LogP contribution in [-0.4, -0.2) is 109 Å². The fourth-order valence-electron chi connectivity index (χ4n) is 7.31. The first kappa shape index (κ1) is 43.5. The Hall–Kier alpha value is -4.25. The Morgan fingerprint density at radius 1 is 0.945 bits per heavy atom. The van der Waals surface area contributed by atoms with Gasteiger partial charge in [0.1, 0.15) is 18.7 Å². The first-order chi connectivity index (χ1) is 25.3. The largest absolute Gasteiger partial charge is 0.444 e. The molecule has 0 radical (unpaired) electrons. The third-order valence-corrected chi connectivity index (χ3v) is 13.1. The van der Waals surface area contributed by atoms with Gasteiger partial charge in [-0.15, -0.1) is 0 Å². The minimum atomic E-state index is -4.38. The maximum absolute atomic E-state index is 14.4. The topological polar surface area (TPSA) is 218 Å². The summed E-state index contributed by atoms with van der Waals surface area (Å²) in [7, 11) is -2.00. The first-order valence-corrected chi connectivity index (χ1v) is 20.1. The Kier molecular flexibility index (Phi) is 12.7. The van der Waals surface area contributed by atoms with Crippen LogP contribution in [0.1, 0.15) is 80.2 Å². The van der Waals surface area contributed by atoms with Crippen LogP contribution in [-0.2, 0) is 40.7 Å². The molecule has 2 aliphatic carbocycles. The van der Waals surface area contributed by atoms with Crippen molar-refractivity contribution >= 4 is 45.8 Å². The standard InChI is InChI=1S/C38H59N7O9S/c1-36(2,3)26(20-43(9)55(52,53)44(10)35(51)54-21-23-14-12-11-13-15-23)41-34(50)42-30(37(4,5)6)33(49)45-19-24-27(38(24,7)8)28(45)32(48)40-25(18-22-16-17-22)29(46)31(39)47/h11-15,22,24-28,30H,16-21H2,1-10H3,(H2,39,47)(H,40,48)(H2,41,42,50)/t24-,25?,26+,27-,28-,30+/m0/s1. The zero-order valence-electron chi connectivity index (χ0n) is 33.7. The van der Waals surface area contributed by atoms with Crippen LogP contribution in [0.25, 0.3) is 0 Å². The van der Waals surface area contributed by atoms with E-state index in [0.29, 0.717) is 9.87 Å². The number of nitrogens with one attached hydrogen (secondary N) is 3. The number of nitrogens with zero attached hydrogens (tertiary/aromatic N) is 3. The second kappa shape index (κ2) is 16.1. The van der Waals surface area contributed by atoms with Crippen LogP contribution in [0.4, 0.5) is 9.59 Å². The SMILES string of the molecule is CN(C[C@@H](NC(=O)N[C@H](C(=O)N1C[C@H]2[C@@H]([C@H]1C(=O)NC(CC1CC1)C(=O)C(N)=O)C2(C)C)C(C)(C)C)C(C)(C)C)S(=O)(=O)N(C)C(=O)OCc1ccccc1. The molecule has 3 fully saturated rings. The van der Waals surface area contributed by atoms with Crippen molar-refractivity contribution in [2.75, 3.05) is 27.2 Å². The van der Waals surface area contributed by atoms with Crippen molar-refractivity contribution in [3.05, 3.63) is 35.9 Å². The Bertz CT molecular complexity index is 1750. The van der Waals surface area contributed by atoms with E-state index in [0.717, 1.165) is 24.2 Å². The van der Waals surface area contributed by atoms with Gasteiger partial charge in [0.15, 0.2) is 0 Å². The smallest absolute Gasteiger partial charge is 0.424 e. The summed E-state index contributed by atoms with van der Waals surface area (Å²) in [6, 6.07) is 4.12. The van der Waals surface area contributed by atoms with Crippen molar-refractivity contribution in [2.45, 2.75) is 105 Å². The average Bonchev–Trinajstić information content (AvgIpc) is 3.94. The highest BCUT2D eigenvalue weighted by Gasteiger charge is 2.70. The lowest BCUT2D eigenvalue weighted by Gasteiger charge is -2.39. The number of ether oxygens (including phenoxy) is 1. The fourth-order valence-corrected chi connectivity index (χ4v) is 8.30. The number of ketones is 1. The molecule has 3 aliphatic rings. The molecular formula is C38H59N7O9S. The number of hydrogen-bond acceptors (Lipinski definition) is 9. The number of fused-ring (bicyclic) bond motifs is 1. The number of hydrogen-bond donors (Lipinski definition) is 4. The predicted octanol–water partition coefficient (Wildman–Crippen LogP) is 2.38. The number of carbonyl (C=O) groups excluding carboxylic acids is 6. The van der Waals surface area contributed by atoms with Crippen LogP contribution in [0.15, 0.2) is 30.3 Å². The summed E-state index contributed by atoms with van der Waals surface area (Å²) in [5, 5.41) is 8.38. The summed E-state index contributed by atoms with van der Waals surface area (Å²) in [4.78, 5) is 80.8. The van der Waals surface area contributed by atoms with Crippen molar-refractivity contribution in [2.24, 2.45) is 39.7 Å². The van der Waals surface area contributed by atoms with Crippen molar-refractivity contribution < 1.29 is 41.9 Å². The van der Waals surface area contributed by atoms with Crippen LogP contribution in [0.3, 0.4) is 0 Å². The summed E-state index contributed by atoms with van der Waals surface area (Å²) in [5.74, 6) is -3.05. The van der Waals surface area contributed by atoms with E-state index in [-0.39, 0.29) is 49.3 Å². The number of piperidine rings is 1. The molecule has 6 amide bonds. The Morgan fingerprint density at radius 3 is 2.07 bits per heavy atom. The number of urea groups is 1. The van der Waals surface area contributed by atoms with Crippen molar-refractivity contribution in [3.63, 3.8) is 0 Å². The number of nitrogens with two attached hydrogens (primary N) is 1. The Balaban J connectivity index is 1.47. The first-order valence-electron chi connectivity index (χ1n) is 18.7. The molecule has 0 bridgehead atoms. The van der Waals surface area contributed by atoms with Gasteiger partial charge in [-0.1, -0.05) is 98.6 Å². The Morgan fingerprint density at radius 2 is 1.55 bits per heavy atom. The zero-order chi connectivity index (χ0) is 41.4. The molecule has 55 heavy (non-hydrogen) atoms. The summed E-state index contributed by atoms with van der Waals surface area (Å²) in [5.41, 5.74) is 4.21. The normalized spacial score (nSPS) is 22.1. The number of Topliss-reactive ketones (excluding diaryl/α,β-unsaturated/α-hetero) is 1. The van der Waals surface area contributed by atoms with Gasteiger partial charge in [-0.2, -0.15) is 17.0 Å². The molecule has 2 saturated carbocycles. The van der Waals surface area contributed by atoms with Gasteiger partial charge >= 0.3 is 22.3 Å². The highest BCUT2D eigenvalue weighted by atomic mass is 32.2. The van der Waals surface area contributed by atoms with E-state index in [9.17, 15) is 37.2 Å². The number of amides is 6. The van der Waals surface area contributed by atoms with Crippen LogP contribution in [0.2, 0.25) is 0 Å². The van der Waals surface area contributed by atoms with E-state index >= 15 is 0 Å². The second-order valence-electron chi connectivity index (χ2n) is 18.0. The lowest BCUT2D eigenvalue weighted by atomic mass is 9.85. The van der Waals surface area contributed by atoms with E-state index in [1.165, 1.54) is 11.9 Å². The Labute approximate surface area is 324 Å².